The predicted molar refractivity (Wildman–Crippen MR) is 136 cm³/mol. The van der Waals surface area contributed by atoms with E-state index in [-0.39, 0.29) is 12.1 Å². The Morgan fingerprint density at radius 3 is 2.53 bits per heavy atom. The van der Waals surface area contributed by atoms with E-state index in [4.69, 9.17) is 4.74 Å². The summed E-state index contributed by atoms with van der Waals surface area (Å²) in [7, 11) is 0. The van der Waals surface area contributed by atoms with Gasteiger partial charge in [-0.1, -0.05) is 30.3 Å². The highest BCUT2D eigenvalue weighted by Gasteiger charge is 2.28. The third-order valence-electron chi connectivity index (χ3n) is 6.26. The molecule has 1 saturated heterocycles. The molecule has 1 atom stereocenters. The Balaban J connectivity index is 1.59. The number of carbonyl (C=O) groups is 2. The lowest BCUT2D eigenvalue weighted by Gasteiger charge is -2.33. The summed E-state index contributed by atoms with van der Waals surface area (Å²) in [4.78, 5) is 28.1. The second kappa shape index (κ2) is 10.2. The summed E-state index contributed by atoms with van der Waals surface area (Å²) < 4.78 is 7.66. The number of nitrogens with one attached hydrogen (secondary N) is 1. The molecule has 0 aliphatic carbocycles. The maximum atomic E-state index is 13.4. The van der Waals surface area contributed by atoms with Crippen LogP contribution in [0.15, 0.2) is 59.6 Å². The first-order valence-corrected chi connectivity index (χ1v) is 12.4. The Labute approximate surface area is 204 Å². The van der Waals surface area contributed by atoms with Crippen molar-refractivity contribution >= 4 is 40.2 Å². The van der Waals surface area contributed by atoms with Crippen LogP contribution in [0.3, 0.4) is 0 Å². The average molecular weight is 482 g/mol. The van der Waals surface area contributed by atoms with Gasteiger partial charge in [-0.15, -0.1) is 11.8 Å². The first-order chi connectivity index (χ1) is 16.3. The van der Waals surface area contributed by atoms with Gasteiger partial charge < -0.3 is 19.7 Å². The second-order valence-electron chi connectivity index (χ2n) is 9.18. The minimum atomic E-state index is -0.870. The highest BCUT2D eigenvalue weighted by Crippen LogP contribution is 2.34. The number of nitrogens with zero attached hydrogens (tertiary/aromatic N) is 2. The molecule has 0 saturated carbocycles. The van der Waals surface area contributed by atoms with E-state index in [9.17, 15) is 14.7 Å². The molecular weight excluding hydrogens is 450 g/mol. The summed E-state index contributed by atoms with van der Waals surface area (Å²) in [6, 6.07) is 15.5. The van der Waals surface area contributed by atoms with Crippen LogP contribution in [0.2, 0.25) is 0 Å². The van der Waals surface area contributed by atoms with Crippen LogP contribution in [-0.2, 0) is 9.53 Å². The van der Waals surface area contributed by atoms with Crippen LogP contribution in [-0.4, -0.2) is 58.5 Å². The Morgan fingerprint density at radius 1 is 1.12 bits per heavy atom. The molecule has 1 unspecified atom stereocenters. The largest absolute Gasteiger partial charge is 0.481 e. The molecule has 4 rings (SSSR count). The molecule has 8 heteroatoms. The van der Waals surface area contributed by atoms with E-state index in [1.54, 1.807) is 13.8 Å². The molecule has 1 aliphatic rings. The summed E-state index contributed by atoms with van der Waals surface area (Å²) in [5.74, 6) is -0.635. The van der Waals surface area contributed by atoms with Gasteiger partial charge in [0.25, 0.3) is 5.91 Å². The number of aliphatic carboxylic acids is 1. The fourth-order valence-electron chi connectivity index (χ4n) is 4.03. The normalized spacial score (nSPS) is 15.9. The van der Waals surface area contributed by atoms with Crippen LogP contribution in [0, 0.1) is 5.41 Å². The molecule has 0 radical (unpaired) electrons. The number of thioether (sulfide) groups is 1. The van der Waals surface area contributed by atoms with Crippen LogP contribution in [0.1, 0.15) is 37.3 Å². The van der Waals surface area contributed by atoms with Crippen molar-refractivity contribution in [1.82, 2.24) is 9.47 Å². The van der Waals surface area contributed by atoms with E-state index in [1.807, 2.05) is 54.7 Å². The number of carboxylic acid groups (broad SMARTS) is 1. The van der Waals surface area contributed by atoms with Crippen LogP contribution in [0.4, 0.5) is 5.69 Å². The monoisotopic (exact) mass is 481 g/mol. The van der Waals surface area contributed by atoms with Crippen LogP contribution in [0.25, 0.3) is 10.9 Å². The van der Waals surface area contributed by atoms with E-state index in [2.05, 4.69) is 21.7 Å². The number of benzene rings is 2. The van der Waals surface area contributed by atoms with E-state index in [0.29, 0.717) is 30.2 Å². The summed E-state index contributed by atoms with van der Waals surface area (Å²) >= 11 is 1.43. The van der Waals surface area contributed by atoms with Crippen molar-refractivity contribution in [3.63, 3.8) is 0 Å². The first-order valence-electron chi connectivity index (χ1n) is 11.5. The number of hydrogen-bond donors (Lipinski definition) is 2. The lowest BCUT2D eigenvalue weighted by atomic mass is 9.97. The number of para-hydroxylation sites is 2. The van der Waals surface area contributed by atoms with Gasteiger partial charge in [0.2, 0.25) is 0 Å². The Kier molecular flexibility index (Phi) is 7.30. The SMILES string of the molecule is CC(N1CCOCC1)n1cc(C(=O)Nc2ccccc2SCC(C)(C)C(=O)O)c2ccccc21. The molecule has 0 spiro atoms. The lowest BCUT2D eigenvalue weighted by molar-refractivity contribution is -0.145. The summed E-state index contributed by atoms with van der Waals surface area (Å²) in [6.45, 7) is 8.69. The molecule has 3 aromatic rings. The highest BCUT2D eigenvalue weighted by atomic mass is 32.2. The molecule has 2 N–H and O–H groups in total. The second-order valence-corrected chi connectivity index (χ2v) is 10.2. The Morgan fingerprint density at radius 2 is 1.79 bits per heavy atom. The average Bonchev–Trinajstić information content (AvgIpc) is 3.23. The van der Waals surface area contributed by atoms with Gasteiger partial charge in [-0.3, -0.25) is 14.5 Å². The maximum absolute atomic E-state index is 13.4. The zero-order chi connectivity index (χ0) is 24.3. The quantitative estimate of drug-likeness (QED) is 0.443. The van der Waals surface area contributed by atoms with Gasteiger partial charge in [0.1, 0.15) is 0 Å². The smallest absolute Gasteiger partial charge is 0.309 e. The van der Waals surface area contributed by atoms with Crippen molar-refractivity contribution < 1.29 is 19.4 Å². The molecule has 0 bridgehead atoms. The molecule has 1 aliphatic heterocycles. The van der Waals surface area contributed by atoms with Crippen molar-refractivity contribution in [3.8, 4) is 0 Å². The van der Waals surface area contributed by atoms with Gasteiger partial charge in [0.15, 0.2) is 0 Å². The summed E-state index contributed by atoms with van der Waals surface area (Å²) in [5.41, 5.74) is 1.43. The minimum Gasteiger partial charge on any atom is -0.481 e. The number of ether oxygens (including phenoxy) is 1. The number of rotatable bonds is 8. The number of fused-ring (bicyclic) bond motifs is 1. The standard InChI is InChI=1S/C26H31N3O4S/c1-18(28-12-14-33-15-13-28)29-16-20(19-8-4-6-10-22(19)29)24(30)27-21-9-5-7-11-23(21)34-17-26(2,3)25(31)32/h4-11,16,18H,12-15,17H2,1-3H3,(H,27,30)(H,31,32). The molecule has 1 aromatic heterocycles. The molecule has 1 fully saturated rings. The first kappa shape index (κ1) is 24.3. The number of anilines is 1. The molecule has 2 heterocycles. The van der Waals surface area contributed by atoms with Crippen molar-refractivity contribution in [2.45, 2.75) is 31.8 Å². The van der Waals surface area contributed by atoms with Gasteiger partial charge in [-0.05, 0) is 39.0 Å². The molecular formula is C26H31N3O4S. The topological polar surface area (TPSA) is 83.8 Å². The number of morpholine rings is 1. The minimum absolute atomic E-state index is 0.0939. The molecule has 2 aromatic carbocycles. The molecule has 7 nitrogen and oxygen atoms in total. The fourth-order valence-corrected chi connectivity index (χ4v) is 5.12. The van der Waals surface area contributed by atoms with Crippen LogP contribution >= 0.6 is 11.8 Å². The van der Waals surface area contributed by atoms with Crippen LogP contribution in [0.5, 0.6) is 0 Å². The zero-order valence-electron chi connectivity index (χ0n) is 19.8. The third-order valence-corrected chi connectivity index (χ3v) is 7.80. The molecule has 1 amide bonds. The number of carbonyl (C=O) groups excluding carboxylic acids is 1. The Bertz CT molecular complexity index is 1180. The highest BCUT2D eigenvalue weighted by molar-refractivity contribution is 7.99. The van der Waals surface area contributed by atoms with Crippen LogP contribution < -0.4 is 5.32 Å². The number of hydrogen-bond acceptors (Lipinski definition) is 5. The van der Waals surface area contributed by atoms with E-state index < -0.39 is 11.4 Å². The van der Waals surface area contributed by atoms with Gasteiger partial charge in [-0.2, -0.15) is 0 Å². The van der Waals surface area contributed by atoms with Crippen molar-refractivity contribution in [2.24, 2.45) is 5.41 Å². The number of amides is 1. The van der Waals surface area contributed by atoms with E-state index in [0.717, 1.165) is 28.9 Å². The third kappa shape index (κ3) is 5.14. The molecule has 180 valence electrons. The van der Waals surface area contributed by atoms with E-state index in [1.165, 1.54) is 11.8 Å². The zero-order valence-corrected chi connectivity index (χ0v) is 20.6. The predicted octanol–water partition coefficient (Wildman–Crippen LogP) is 4.95. The van der Waals surface area contributed by atoms with Crippen molar-refractivity contribution in [1.29, 1.82) is 0 Å². The molecule has 34 heavy (non-hydrogen) atoms. The van der Waals surface area contributed by atoms with E-state index >= 15 is 0 Å². The van der Waals surface area contributed by atoms with Crippen molar-refractivity contribution in [3.05, 3.63) is 60.3 Å². The fraction of sp³-hybridized carbons (Fsp3) is 0.385. The number of aromatic nitrogens is 1. The number of carboxylic acids is 1. The van der Waals surface area contributed by atoms with Gasteiger partial charge in [-0.25, -0.2) is 0 Å². The van der Waals surface area contributed by atoms with Gasteiger partial charge >= 0.3 is 5.97 Å². The van der Waals surface area contributed by atoms with Crippen molar-refractivity contribution in [2.75, 3.05) is 37.4 Å². The maximum Gasteiger partial charge on any atom is 0.309 e. The van der Waals surface area contributed by atoms with Gasteiger partial charge in [0, 0.05) is 35.3 Å². The van der Waals surface area contributed by atoms with Gasteiger partial charge in [0.05, 0.1) is 41.6 Å². The lowest BCUT2D eigenvalue weighted by Crippen LogP contribution is -2.40. The summed E-state index contributed by atoms with van der Waals surface area (Å²) in [5, 5.41) is 13.4. The summed E-state index contributed by atoms with van der Waals surface area (Å²) in [6.07, 6.45) is 2.03. The Hall–Kier alpha value is -2.81.